The zero-order chi connectivity index (χ0) is 41.5. The summed E-state index contributed by atoms with van der Waals surface area (Å²) in [4.78, 5) is 72.1. The standard InChI is InChI=1S/C46H50ClN7O6/c47-39-24-36(9-3-31(39)25-48)60-35-10-4-32(5-11-35)49-42(56)30-1-6-33(7-2-30)53-27-46(28-53)17-21-51(22-18-46)26-29-15-19-52(20-16-29)34-8-12-37-38(23-34)45(59)54(44(37)58)40-13-14-41(55)50-43(40)57/h1-3,6-9,12,23-24,29,32,35,40H,4-5,10-11,13-22,26-28H2,(H,49,56)(H,50,55,57). The Hall–Kier alpha value is -5.45. The first kappa shape index (κ1) is 40.0. The summed E-state index contributed by atoms with van der Waals surface area (Å²) in [5.41, 5.74) is 4.18. The van der Waals surface area contributed by atoms with Crippen LogP contribution in [-0.4, -0.2) is 103 Å². The lowest BCUT2D eigenvalue weighted by molar-refractivity contribution is -0.136. The predicted octanol–water partition coefficient (Wildman–Crippen LogP) is 5.55. The summed E-state index contributed by atoms with van der Waals surface area (Å²) in [5.74, 6) is -0.701. The normalized spacial score (nSPS) is 24.5. The van der Waals surface area contributed by atoms with Crippen molar-refractivity contribution in [3.8, 4) is 11.8 Å². The Morgan fingerprint density at radius 3 is 2.20 bits per heavy atom. The molecular formula is C46H50ClN7O6. The summed E-state index contributed by atoms with van der Waals surface area (Å²) in [7, 11) is 0. The van der Waals surface area contributed by atoms with E-state index in [1.807, 2.05) is 18.2 Å². The van der Waals surface area contributed by atoms with Crippen molar-refractivity contribution in [2.24, 2.45) is 11.3 Å². The fourth-order valence-electron chi connectivity index (χ4n) is 10.1. The molecule has 5 fully saturated rings. The Kier molecular flexibility index (Phi) is 11.0. The summed E-state index contributed by atoms with van der Waals surface area (Å²) in [6, 6.07) is 19.8. The highest BCUT2D eigenvalue weighted by Crippen LogP contribution is 2.43. The molecular weight excluding hydrogens is 782 g/mol. The summed E-state index contributed by atoms with van der Waals surface area (Å²) < 4.78 is 6.11. The summed E-state index contributed by atoms with van der Waals surface area (Å²) in [5, 5.41) is 15.0. The van der Waals surface area contributed by atoms with Crippen molar-refractivity contribution < 1.29 is 28.7 Å². The Labute approximate surface area is 354 Å². The van der Waals surface area contributed by atoms with Crippen LogP contribution in [0.25, 0.3) is 0 Å². The molecule has 60 heavy (non-hydrogen) atoms. The number of benzene rings is 3. The lowest BCUT2D eigenvalue weighted by Gasteiger charge is -2.55. The fraction of sp³-hybridized carbons (Fsp3) is 0.478. The second-order valence-electron chi connectivity index (χ2n) is 17.6. The van der Waals surface area contributed by atoms with Gasteiger partial charge in [0.05, 0.1) is 27.8 Å². The van der Waals surface area contributed by atoms with Crippen molar-refractivity contribution in [2.45, 2.75) is 82.4 Å². The van der Waals surface area contributed by atoms with Crippen LogP contribution >= 0.6 is 11.6 Å². The van der Waals surface area contributed by atoms with Crippen LogP contribution in [0.15, 0.2) is 60.7 Å². The molecule has 312 valence electrons. The summed E-state index contributed by atoms with van der Waals surface area (Å²) in [6.07, 6.45) is 8.14. The van der Waals surface area contributed by atoms with Crippen molar-refractivity contribution in [3.63, 3.8) is 0 Å². The maximum absolute atomic E-state index is 13.3. The van der Waals surface area contributed by atoms with Gasteiger partial charge in [0.1, 0.15) is 17.9 Å². The zero-order valence-corrected chi connectivity index (χ0v) is 34.4. The second-order valence-corrected chi connectivity index (χ2v) is 18.0. The Morgan fingerprint density at radius 2 is 1.52 bits per heavy atom. The zero-order valence-electron chi connectivity index (χ0n) is 33.7. The van der Waals surface area contributed by atoms with Gasteiger partial charge in [-0.25, -0.2) is 0 Å². The van der Waals surface area contributed by atoms with Gasteiger partial charge in [-0.05, 0) is 131 Å². The van der Waals surface area contributed by atoms with Gasteiger partial charge in [0.25, 0.3) is 17.7 Å². The molecule has 5 heterocycles. The molecule has 2 N–H and O–H groups in total. The molecule has 3 aromatic carbocycles. The molecule has 0 aromatic heterocycles. The Morgan fingerprint density at radius 1 is 0.817 bits per heavy atom. The van der Waals surface area contributed by atoms with E-state index in [2.05, 4.69) is 43.5 Å². The topological polar surface area (TPSA) is 155 Å². The van der Waals surface area contributed by atoms with Gasteiger partial charge in [0.2, 0.25) is 11.8 Å². The number of likely N-dealkylation sites (tertiary alicyclic amines) is 1. The third-order valence-electron chi connectivity index (χ3n) is 13.8. The number of halogens is 1. The minimum Gasteiger partial charge on any atom is -0.490 e. The average molecular weight is 832 g/mol. The number of nitrogens with one attached hydrogen (secondary N) is 2. The van der Waals surface area contributed by atoms with Crippen molar-refractivity contribution in [1.29, 1.82) is 5.26 Å². The van der Waals surface area contributed by atoms with Crippen molar-refractivity contribution in [2.75, 3.05) is 55.6 Å². The number of ether oxygens (including phenoxy) is 1. The van der Waals surface area contributed by atoms with E-state index >= 15 is 0 Å². The fourth-order valence-corrected chi connectivity index (χ4v) is 10.3. The van der Waals surface area contributed by atoms with Gasteiger partial charge in [0.15, 0.2) is 0 Å². The quantitative estimate of drug-likeness (QED) is 0.262. The summed E-state index contributed by atoms with van der Waals surface area (Å²) in [6.45, 7) is 7.16. The van der Waals surface area contributed by atoms with Crippen LogP contribution in [-0.2, 0) is 9.59 Å². The minimum absolute atomic E-state index is 0.0413. The Bertz CT molecular complexity index is 2230. The number of imide groups is 2. The van der Waals surface area contributed by atoms with Crippen molar-refractivity contribution in [3.05, 3.63) is 87.9 Å². The SMILES string of the molecule is N#Cc1ccc(OC2CCC(NC(=O)c3ccc(N4CC5(CCN(CC6CCN(c7ccc8c(c7)C(=O)N(C7CCC(=O)NC7=O)C8=O)CC6)CC5)C4)cc3)CC2)cc1Cl. The molecule has 9 rings (SSSR count). The van der Waals surface area contributed by atoms with Crippen LogP contribution in [0.5, 0.6) is 5.75 Å². The summed E-state index contributed by atoms with van der Waals surface area (Å²) >= 11 is 6.16. The molecule has 1 saturated carbocycles. The van der Waals surface area contributed by atoms with E-state index in [0.29, 0.717) is 44.4 Å². The van der Waals surface area contributed by atoms with E-state index in [1.54, 1.807) is 30.3 Å². The number of nitriles is 1. The molecule has 6 aliphatic rings. The molecule has 1 spiro atoms. The number of rotatable bonds is 9. The van der Waals surface area contributed by atoms with Crippen LogP contribution < -0.4 is 25.2 Å². The van der Waals surface area contributed by atoms with Gasteiger partial charge >= 0.3 is 0 Å². The van der Waals surface area contributed by atoms with E-state index in [0.717, 1.165) is 101 Å². The van der Waals surface area contributed by atoms with Crippen molar-refractivity contribution in [1.82, 2.24) is 20.4 Å². The molecule has 1 aliphatic carbocycles. The van der Waals surface area contributed by atoms with Crippen LogP contribution in [0.4, 0.5) is 11.4 Å². The van der Waals surface area contributed by atoms with Crippen LogP contribution in [0.3, 0.4) is 0 Å². The Balaban J connectivity index is 0.683. The molecule has 5 aliphatic heterocycles. The maximum atomic E-state index is 13.3. The monoisotopic (exact) mass is 831 g/mol. The lowest BCUT2D eigenvalue weighted by Crippen LogP contribution is -2.60. The number of amides is 5. The average Bonchev–Trinajstić information content (AvgIpc) is 3.49. The molecule has 1 unspecified atom stereocenters. The first-order valence-electron chi connectivity index (χ1n) is 21.4. The number of carbonyl (C=O) groups excluding carboxylic acids is 5. The molecule has 4 saturated heterocycles. The van der Waals surface area contributed by atoms with Gasteiger partial charge < -0.3 is 24.8 Å². The highest BCUT2D eigenvalue weighted by Gasteiger charge is 2.46. The third kappa shape index (κ3) is 8.07. The van der Waals surface area contributed by atoms with E-state index in [4.69, 9.17) is 21.6 Å². The minimum atomic E-state index is -0.962. The van der Waals surface area contributed by atoms with Crippen LogP contribution in [0, 0.1) is 22.7 Å². The van der Waals surface area contributed by atoms with Gasteiger partial charge in [-0.1, -0.05) is 11.6 Å². The second kappa shape index (κ2) is 16.5. The molecule has 0 bridgehead atoms. The van der Waals surface area contributed by atoms with Gasteiger partial charge in [-0.2, -0.15) is 5.26 Å². The van der Waals surface area contributed by atoms with E-state index in [-0.39, 0.29) is 36.8 Å². The number of hydrogen-bond donors (Lipinski definition) is 2. The molecule has 13 nitrogen and oxygen atoms in total. The van der Waals surface area contributed by atoms with Gasteiger partial charge in [-0.15, -0.1) is 0 Å². The number of hydrogen-bond acceptors (Lipinski definition) is 10. The number of carbonyl (C=O) groups is 5. The highest BCUT2D eigenvalue weighted by atomic mass is 35.5. The number of piperidine rings is 3. The van der Waals surface area contributed by atoms with Crippen molar-refractivity contribution >= 4 is 52.5 Å². The molecule has 14 heteroatoms. The van der Waals surface area contributed by atoms with E-state index in [9.17, 15) is 24.0 Å². The largest absolute Gasteiger partial charge is 0.490 e. The molecule has 3 aromatic rings. The first-order chi connectivity index (χ1) is 29.0. The molecule has 1 atom stereocenters. The predicted molar refractivity (Wildman–Crippen MR) is 225 cm³/mol. The number of anilines is 2. The first-order valence-corrected chi connectivity index (χ1v) is 21.8. The van der Waals surface area contributed by atoms with E-state index < -0.39 is 23.8 Å². The smallest absolute Gasteiger partial charge is 0.262 e. The maximum Gasteiger partial charge on any atom is 0.262 e. The highest BCUT2D eigenvalue weighted by molar-refractivity contribution is 6.31. The third-order valence-corrected chi connectivity index (χ3v) is 14.1. The van der Waals surface area contributed by atoms with Gasteiger partial charge in [0, 0.05) is 73.6 Å². The van der Waals surface area contributed by atoms with Gasteiger partial charge in [-0.3, -0.25) is 34.2 Å². The van der Waals surface area contributed by atoms with Crippen LogP contribution in [0.1, 0.15) is 101 Å². The van der Waals surface area contributed by atoms with Crippen LogP contribution in [0.2, 0.25) is 5.02 Å². The number of nitrogens with zero attached hydrogens (tertiary/aromatic N) is 5. The lowest BCUT2D eigenvalue weighted by atomic mass is 9.71. The molecule has 0 radical (unpaired) electrons. The van der Waals surface area contributed by atoms with E-state index in [1.165, 1.54) is 12.8 Å². The molecule has 5 amide bonds. The number of fused-ring (bicyclic) bond motifs is 1.